The normalized spacial score (nSPS) is 27.2. The van der Waals surface area contributed by atoms with Crippen LogP contribution in [0, 0.1) is 5.92 Å². The van der Waals surface area contributed by atoms with Crippen molar-refractivity contribution in [2.75, 3.05) is 13.2 Å². The first-order valence-electron chi connectivity index (χ1n) is 5.25. The molecule has 2 nitrogen and oxygen atoms in total. The number of halogens is 1. The van der Waals surface area contributed by atoms with Crippen LogP contribution in [0.25, 0.3) is 0 Å². The maximum atomic E-state index is 5.90. The largest absolute Gasteiger partial charge is 0.371 e. The van der Waals surface area contributed by atoms with Crippen molar-refractivity contribution in [1.29, 1.82) is 0 Å². The van der Waals surface area contributed by atoms with Crippen molar-refractivity contribution in [2.24, 2.45) is 5.92 Å². The number of ether oxygens (including phenoxy) is 1. The zero-order valence-corrected chi connectivity index (χ0v) is 10.6. The van der Waals surface area contributed by atoms with Gasteiger partial charge in [-0.1, -0.05) is 25.4 Å². The second-order valence-corrected chi connectivity index (χ2v) is 5.81. The maximum Gasteiger partial charge on any atom is 0.0958 e. The minimum absolute atomic E-state index is 0.170. The topological polar surface area (TPSA) is 21.3 Å². The standard InChI is InChI=1S/C11H16ClNOS/c1-7(2)9-5-14-10(4-13-9)8-3-11(12)15-6-8/h3,6-7,9-10,13H,4-5H2,1-2H3. The number of nitrogens with one attached hydrogen (secondary N) is 1. The van der Waals surface area contributed by atoms with Gasteiger partial charge in [-0.3, -0.25) is 0 Å². The summed E-state index contributed by atoms with van der Waals surface area (Å²) in [5.41, 5.74) is 1.19. The second-order valence-electron chi connectivity index (χ2n) is 4.26. The van der Waals surface area contributed by atoms with Gasteiger partial charge in [0.2, 0.25) is 0 Å². The van der Waals surface area contributed by atoms with Gasteiger partial charge in [0.1, 0.15) is 0 Å². The predicted octanol–water partition coefficient (Wildman–Crippen LogP) is 3.09. The van der Waals surface area contributed by atoms with E-state index in [4.69, 9.17) is 16.3 Å². The molecule has 2 heterocycles. The van der Waals surface area contributed by atoms with Gasteiger partial charge >= 0.3 is 0 Å². The molecular weight excluding hydrogens is 230 g/mol. The average molecular weight is 246 g/mol. The van der Waals surface area contributed by atoms with Crippen molar-refractivity contribution in [3.8, 4) is 0 Å². The third kappa shape index (κ3) is 2.72. The van der Waals surface area contributed by atoms with Crippen LogP contribution in [-0.2, 0) is 4.74 Å². The van der Waals surface area contributed by atoms with Gasteiger partial charge in [-0.05, 0) is 22.9 Å². The first kappa shape index (κ1) is 11.4. The molecule has 0 spiro atoms. The molecule has 0 aromatic carbocycles. The quantitative estimate of drug-likeness (QED) is 0.865. The molecule has 0 saturated carbocycles. The SMILES string of the molecule is CC(C)C1COC(c2csc(Cl)c2)CN1. The second kappa shape index (κ2) is 4.83. The molecule has 0 radical (unpaired) electrons. The van der Waals surface area contributed by atoms with Crippen LogP contribution in [-0.4, -0.2) is 19.2 Å². The number of hydrogen-bond acceptors (Lipinski definition) is 3. The first-order chi connectivity index (χ1) is 7.16. The molecule has 2 unspecified atom stereocenters. The Morgan fingerprint density at radius 3 is 2.87 bits per heavy atom. The van der Waals surface area contributed by atoms with E-state index in [9.17, 15) is 0 Å². The molecule has 1 fully saturated rings. The van der Waals surface area contributed by atoms with Crippen LogP contribution in [0.5, 0.6) is 0 Å². The first-order valence-corrected chi connectivity index (χ1v) is 6.51. The average Bonchev–Trinajstić information content (AvgIpc) is 2.65. The van der Waals surface area contributed by atoms with Gasteiger partial charge in [-0.2, -0.15) is 0 Å². The molecule has 4 heteroatoms. The van der Waals surface area contributed by atoms with E-state index < -0.39 is 0 Å². The lowest BCUT2D eigenvalue weighted by Crippen LogP contribution is -2.45. The third-order valence-electron chi connectivity index (χ3n) is 2.81. The van der Waals surface area contributed by atoms with E-state index in [-0.39, 0.29) is 6.10 Å². The van der Waals surface area contributed by atoms with E-state index in [0.717, 1.165) is 17.5 Å². The van der Waals surface area contributed by atoms with Crippen molar-refractivity contribution >= 4 is 22.9 Å². The molecule has 1 aromatic rings. The minimum Gasteiger partial charge on any atom is -0.371 e. The van der Waals surface area contributed by atoms with Crippen molar-refractivity contribution in [2.45, 2.75) is 26.0 Å². The Labute approximate surface area is 99.6 Å². The third-order valence-corrected chi connectivity index (χ3v) is 3.92. The molecule has 2 atom stereocenters. The highest BCUT2D eigenvalue weighted by Crippen LogP contribution is 2.28. The Balaban J connectivity index is 1.93. The Morgan fingerprint density at radius 2 is 2.40 bits per heavy atom. The van der Waals surface area contributed by atoms with Gasteiger partial charge in [0.05, 0.1) is 17.0 Å². The fraction of sp³-hybridized carbons (Fsp3) is 0.636. The zero-order chi connectivity index (χ0) is 10.8. The van der Waals surface area contributed by atoms with Crippen molar-refractivity contribution < 1.29 is 4.74 Å². The Hall–Kier alpha value is -0.0900. The summed E-state index contributed by atoms with van der Waals surface area (Å²) in [5, 5.41) is 5.59. The highest BCUT2D eigenvalue weighted by atomic mass is 35.5. The Bertz CT molecular complexity index is 318. The summed E-state index contributed by atoms with van der Waals surface area (Å²) in [5.74, 6) is 0.622. The number of thiophene rings is 1. The van der Waals surface area contributed by atoms with Gasteiger partial charge in [-0.15, -0.1) is 11.3 Å². The summed E-state index contributed by atoms with van der Waals surface area (Å²) in [6.07, 6.45) is 0.170. The summed E-state index contributed by atoms with van der Waals surface area (Å²) in [7, 11) is 0. The van der Waals surface area contributed by atoms with Crippen molar-refractivity contribution in [3.05, 3.63) is 21.3 Å². The van der Waals surface area contributed by atoms with E-state index >= 15 is 0 Å². The predicted molar refractivity (Wildman–Crippen MR) is 64.7 cm³/mol. The molecular formula is C11H16ClNOS. The lowest BCUT2D eigenvalue weighted by Gasteiger charge is -2.32. The van der Waals surface area contributed by atoms with Crippen LogP contribution in [0.4, 0.5) is 0 Å². The highest BCUT2D eigenvalue weighted by Gasteiger charge is 2.24. The van der Waals surface area contributed by atoms with E-state index in [1.54, 1.807) is 11.3 Å². The highest BCUT2D eigenvalue weighted by molar-refractivity contribution is 7.14. The van der Waals surface area contributed by atoms with Crippen LogP contribution in [0.1, 0.15) is 25.5 Å². The molecule has 1 saturated heterocycles. The molecule has 0 amide bonds. The van der Waals surface area contributed by atoms with Crippen molar-refractivity contribution in [1.82, 2.24) is 5.32 Å². The van der Waals surface area contributed by atoms with Crippen LogP contribution in [0.15, 0.2) is 11.4 Å². The Kier molecular flexibility index (Phi) is 3.67. The summed E-state index contributed by atoms with van der Waals surface area (Å²) >= 11 is 7.46. The van der Waals surface area contributed by atoms with Crippen LogP contribution >= 0.6 is 22.9 Å². The molecule has 1 N–H and O–H groups in total. The molecule has 15 heavy (non-hydrogen) atoms. The summed E-state index contributed by atoms with van der Waals surface area (Å²) in [4.78, 5) is 0. The lowest BCUT2D eigenvalue weighted by molar-refractivity contribution is -0.00689. The van der Waals surface area contributed by atoms with Gasteiger partial charge in [0, 0.05) is 12.6 Å². The molecule has 84 valence electrons. The van der Waals surface area contributed by atoms with Crippen LogP contribution in [0.2, 0.25) is 4.34 Å². The van der Waals surface area contributed by atoms with Gasteiger partial charge < -0.3 is 10.1 Å². The minimum atomic E-state index is 0.170. The van der Waals surface area contributed by atoms with E-state index in [0.29, 0.717) is 12.0 Å². The van der Waals surface area contributed by atoms with E-state index in [1.807, 2.05) is 6.07 Å². The van der Waals surface area contributed by atoms with Crippen LogP contribution in [0.3, 0.4) is 0 Å². The summed E-state index contributed by atoms with van der Waals surface area (Å²) in [6.45, 7) is 6.09. The van der Waals surface area contributed by atoms with Crippen LogP contribution < -0.4 is 5.32 Å². The van der Waals surface area contributed by atoms with Gasteiger partial charge in [0.25, 0.3) is 0 Å². The molecule has 2 rings (SSSR count). The zero-order valence-electron chi connectivity index (χ0n) is 9.00. The molecule has 1 aromatic heterocycles. The molecule has 1 aliphatic rings. The van der Waals surface area contributed by atoms with E-state index in [2.05, 4.69) is 24.5 Å². The lowest BCUT2D eigenvalue weighted by atomic mass is 10.0. The van der Waals surface area contributed by atoms with E-state index in [1.165, 1.54) is 5.56 Å². The maximum absolute atomic E-state index is 5.90. The summed E-state index contributed by atoms with van der Waals surface area (Å²) in [6, 6.07) is 2.48. The monoisotopic (exact) mass is 245 g/mol. The Morgan fingerprint density at radius 1 is 1.60 bits per heavy atom. The summed E-state index contributed by atoms with van der Waals surface area (Å²) < 4.78 is 6.67. The van der Waals surface area contributed by atoms with Gasteiger partial charge in [0.15, 0.2) is 0 Å². The van der Waals surface area contributed by atoms with Crippen molar-refractivity contribution in [3.63, 3.8) is 0 Å². The van der Waals surface area contributed by atoms with Gasteiger partial charge in [-0.25, -0.2) is 0 Å². The number of morpholine rings is 1. The molecule has 1 aliphatic heterocycles. The smallest absolute Gasteiger partial charge is 0.0958 e. The fourth-order valence-corrected chi connectivity index (χ4v) is 2.66. The molecule has 0 aliphatic carbocycles. The fourth-order valence-electron chi connectivity index (χ4n) is 1.73. The number of hydrogen-bond donors (Lipinski definition) is 1. The number of rotatable bonds is 2. The molecule has 0 bridgehead atoms.